The third kappa shape index (κ3) is 3.51. The van der Waals surface area contributed by atoms with Gasteiger partial charge in [-0.05, 0) is 75.1 Å². The molecule has 0 saturated carbocycles. The third-order valence-corrected chi connectivity index (χ3v) is 9.14. The normalized spacial score (nSPS) is 14.2. The van der Waals surface area contributed by atoms with Gasteiger partial charge in [-0.2, -0.15) is 0 Å². The molecule has 1 aromatic heterocycles. The van der Waals surface area contributed by atoms with Gasteiger partial charge in [0, 0.05) is 11.1 Å². The molecule has 1 aliphatic heterocycles. The van der Waals surface area contributed by atoms with E-state index in [0.29, 0.717) is 5.75 Å². The maximum absolute atomic E-state index is 13.5. The maximum atomic E-state index is 13.5. The Labute approximate surface area is 190 Å². The van der Waals surface area contributed by atoms with Gasteiger partial charge in [-0.1, -0.05) is 52.0 Å². The largest absolute Gasteiger partial charge is 0.484 e. The zero-order valence-corrected chi connectivity index (χ0v) is 20.3. The molecule has 1 aliphatic rings. The predicted molar refractivity (Wildman–Crippen MR) is 130 cm³/mol. The average molecular weight is 456 g/mol. The van der Waals surface area contributed by atoms with Crippen molar-refractivity contribution in [3.63, 3.8) is 0 Å². The number of amides is 1. The van der Waals surface area contributed by atoms with Gasteiger partial charge < -0.3 is 4.74 Å². The highest BCUT2D eigenvalue weighted by Crippen LogP contribution is 2.52. The highest BCUT2D eigenvalue weighted by Gasteiger charge is 2.43. The van der Waals surface area contributed by atoms with Crippen LogP contribution in [0.4, 0.5) is 5.69 Å². The number of carbonyl (C=O) groups excluding carboxylic acids is 1. The summed E-state index contributed by atoms with van der Waals surface area (Å²) in [4.78, 5) is 16.5. The van der Waals surface area contributed by atoms with Crippen LogP contribution in [-0.4, -0.2) is 12.5 Å². The van der Waals surface area contributed by atoms with E-state index in [1.165, 1.54) is 11.1 Å². The van der Waals surface area contributed by atoms with Gasteiger partial charge in [-0.3, -0.25) is 9.69 Å². The van der Waals surface area contributed by atoms with Gasteiger partial charge >= 0.3 is 0 Å². The molecule has 0 radical (unpaired) electrons. The van der Waals surface area contributed by atoms with Crippen LogP contribution in [0.15, 0.2) is 36.4 Å². The molecule has 0 bridgehead atoms. The lowest BCUT2D eigenvalue weighted by Gasteiger charge is -2.43. The molecule has 0 unspecified atom stereocenters. The fourth-order valence-electron chi connectivity index (χ4n) is 3.96. The van der Waals surface area contributed by atoms with Crippen LogP contribution in [0.3, 0.4) is 0 Å². The van der Waals surface area contributed by atoms with E-state index < -0.39 is 5.54 Å². The third-order valence-electron chi connectivity index (χ3n) is 5.81. The lowest BCUT2D eigenvalue weighted by Crippen LogP contribution is -2.49. The van der Waals surface area contributed by atoms with Gasteiger partial charge in [0.15, 0.2) is 6.61 Å². The number of hydrogen-bond donors (Lipinski definition) is 0. The molecule has 0 fully saturated rings. The molecule has 156 valence electrons. The highest BCUT2D eigenvalue weighted by atomic mass is 32.9. The fourth-order valence-corrected chi connectivity index (χ4v) is 7.24. The molecule has 0 spiro atoms. The Bertz CT molecular complexity index is 1170. The SMILES string of the molecule is CCc1ccc(OCC(=O)N2c3cc(C)c(C)cc3-c3c(ssc3=S)C2(C)C)cc1. The number of carbonyl (C=O) groups is 1. The first-order chi connectivity index (χ1) is 14.2. The van der Waals surface area contributed by atoms with Crippen LogP contribution in [0, 0.1) is 17.7 Å². The van der Waals surface area contributed by atoms with Crippen molar-refractivity contribution >= 4 is 44.5 Å². The quantitative estimate of drug-likeness (QED) is 0.312. The van der Waals surface area contributed by atoms with Crippen molar-refractivity contribution in [2.24, 2.45) is 0 Å². The van der Waals surface area contributed by atoms with E-state index in [1.54, 1.807) is 20.7 Å². The molecule has 4 rings (SSSR count). The van der Waals surface area contributed by atoms with Crippen molar-refractivity contribution in [3.05, 3.63) is 61.8 Å². The van der Waals surface area contributed by atoms with E-state index in [1.807, 2.05) is 29.2 Å². The molecule has 2 heterocycles. The van der Waals surface area contributed by atoms with Crippen LogP contribution in [0.2, 0.25) is 0 Å². The second-order valence-electron chi connectivity index (χ2n) is 8.19. The molecule has 6 heteroatoms. The van der Waals surface area contributed by atoms with Crippen molar-refractivity contribution in [2.45, 2.75) is 46.6 Å². The lowest BCUT2D eigenvalue weighted by atomic mass is 9.86. The van der Waals surface area contributed by atoms with Crippen molar-refractivity contribution in [3.8, 4) is 16.9 Å². The minimum Gasteiger partial charge on any atom is -0.484 e. The first-order valence-electron chi connectivity index (χ1n) is 10.0. The van der Waals surface area contributed by atoms with Crippen molar-refractivity contribution in [2.75, 3.05) is 11.5 Å². The maximum Gasteiger partial charge on any atom is 0.265 e. The molecule has 0 aliphatic carbocycles. The van der Waals surface area contributed by atoms with Gasteiger partial charge in [0.25, 0.3) is 5.91 Å². The van der Waals surface area contributed by atoms with E-state index >= 15 is 0 Å². The van der Waals surface area contributed by atoms with Crippen LogP contribution in [-0.2, 0) is 16.8 Å². The molecule has 3 nitrogen and oxygen atoms in total. The Balaban J connectivity index is 1.72. The number of benzene rings is 2. The molecule has 1 amide bonds. The molecule has 3 aromatic rings. The number of hydrogen-bond acceptors (Lipinski definition) is 5. The van der Waals surface area contributed by atoms with Crippen LogP contribution in [0.25, 0.3) is 11.1 Å². The molecule has 0 atom stereocenters. The molecular formula is C24H25NO2S3. The zero-order valence-electron chi connectivity index (χ0n) is 17.9. The summed E-state index contributed by atoms with van der Waals surface area (Å²) < 4.78 is 6.77. The van der Waals surface area contributed by atoms with Gasteiger partial charge in [0.2, 0.25) is 0 Å². The zero-order chi connectivity index (χ0) is 21.6. The van der Waals surface area contributed by atoms with Crippen LogP contribution in [0.5, 0.6) is 5.75 Å². The molecule has 2 aromatic carbocycles. The van der Waals surface area contributed by atoms with Crippen LogP contribution < -0.4 is 9.64 Å². The van der Waals surface area contributed by atoms with Crippen molar-refractivity contribution in [1.29, 1.82) is 0 Å². The smallest absolute Gasteiger partial charge is 0.265 e. The van der Waals surface area contributed by atoms with E-state index in [9.17, 15) is 4.79 Å². The monoisotopic (exact) mass is 455 g/mol. The summed E-state index contributed by atoms with van der Waals surface area (Å²) in [5.41, 5.74) is 6.20. The minimum atomic E-state index is -0.491. The number of fused-ring (bicyclic) bond motifs is 3. The Kier molecular flexibility index (Phi) is 5.60. The summed E-state index contributed by atoms with van der Waals surface area (Å²) in [5, 5.41) is 0. The number of aryl methyl sites for hydroxylation is 3. The Morgan fingerprint density at radius 2 is 1.77 bits per heavy atom. The first-order valence-corrected chi connectivity index (χ1v) is 12.6. The lowest BCUT2D eigenvalue weighted by molar-refractivity contribution is -0.121. The van der Waals surface area contributed by atoms with E-state index in [4.69, 9.17) is 17.0 Å². The van der Waals surface area contributed by atoms with E-state index in [2.05, 4.69) is 46.8 Å². The van der Waals surface area contributed by atoms with E-state index in [0.717, 1.165) is 37.5 Å². The second-order valence-corrected chi connectivity index (χ2v) is 11.0. The first kappa shape index (κ1) is 21.2. The number of ether oxygens (including phenoxy) is 1. The fraction of sp³-hybridized carbons (Fsp3) is 0.333. The Morgan fingerprint density at radius 1 is 1.10 bits per heavy atom. The molecular weight excluding hydrogens is 430 g/mol. The van der Waals surface area contributed by atoms with Gasteiger partial charge in [0.1, 0.15) is 9.57 Å². The highest BCUT2D eigenvalue weighted by molar-refractivity contribution is 7.80. The average Bonchev–Trinajstić information content (AvgIpc) is 3.11. The molecule has 30 heavy (non-hydrogen) atoms. The van der Waals surface area contributed by atoms with Crippen molar-refractivity contribution in [1.82, 2.24) is 0 Å². The summed E-state index contributed by atoms with van der Waals surface area (Å²) in [6.07, 6.45) is 0.978. The summed E-state index contributed by atoms with van der Waals surface area (Å²) in [6, 6.07) is 12.2. The van der Waals surface area contributed by atoms with Crippen molar-refractivity contribution < 1.29 is 9.53 Å². The second kappa shape index (κ2) is 7.91. The standard InChI is InChI=1S/C24H25NO2S3/c1-6-16-7-9-17(10-8-16)27-13-20(26)25-19-12-15(3)14(2)11-18(19)21-22(24(25,4)5)29-30-23(21)28/h7-12H,6,13H2,1-5H3. The number of nitrogens with zero attached hydrogens (tertiary/aromatic N) is 1. The van der Waals surface area contributed by atoms with Crippen LogP contribution in [0.1, 0.15) is 42.3 Å². The minimum absolute atomic E-state index is 0.00780. The Hall–Kier alpha value is -2.02. The summed E-state index contributed by atoms with van der Waals surface area (Å²) in [6.45, 7) is 10.5. The van der Waals surface area contributed by atoms with Gasteiger partial charge in [-0.15, -0.1) is 0 Å². The topological polar surface area (TPSA) is 29.5 Å². The number of rotatable bonds is 4. The summed E-state index contributed by atoms with van der Waals surface area (Å²) >= 11 is 5.67. The molecule has 0 saturated heterocycles. The molecule has 0 N–H and O–H groups in total. The summed E-state index contributed by atoms with van der Waals surface area (Å²) in [7, 11) is 3.29. The number of anilines is 1. The predicted octanol–water partition coefficient (Wildman–Crippen LogP) is 7.05. The summed E-state index contributed by atoms with van der Waals surface area (Å²) in [5.74, 6) is 0.654. The van der Waals surface area contributed by atoms with Crippen LogP contribution >= 0.6 is 32.9 Å². The van der Waals surface area contributed by atoms with Gasteiger partial charge in [-0.25, -0.2) is 0 Å². The van der Waals surface area contributed by atoms with E-state index in [-0.39, 0.29) is 12.5 Å². The van der Waals surface area contributed by atoms with Gasteiger partial charge in [0.05, 0.1) is 16.1 Å². The Morgan fingerprint density at radius 3 is 2.43 bits per heavy atom.